The molecule has 0 amide bonds. The molecule has 36 valence electrons. The number of rotatable bonds is 2. The van der Waals surface area contributed by atoms with E-state index < -0.39 is 0 Å². The second-order valence-corrected chi connectivity index (χ2v) is 0.622. The molecule has 0 heterocycles. The molecule has 0 rings (SSSR count). The normalized spacial score (nSPS) is 7.00. The van der Waals surface area contributed by atoms with Gasteiger partial charge in [0.2, 0.25) is 0 Å². The molecule has 0 radical (unpaired) electrons. The van der Waals surface area contributed by atoms with Crippen LogP contribution in [0.2, 0.25) is 0 Å². The Kier molecular flexibility index (Phi) is 15.1. The van der Waals surface area contributed by atoms with E-state index in [0.29, 0.717) is 6.61 Å². The minimum Gasteiger partial charge on any atom is -1.00 e. The Hall–Kier alpha value is 0.686. The maximum atomic E-state index is 7.84. The smallest absolute Gasteiger partial charge is 1.00 e. The molecule has 0 aliphatic carbocycles. The maximum Gasteiger partial charge on any atom is 2.00 e. The Morgan fingerprint density at radius 1 is 1.83 bits per heavy atom. The first-order valence-electron chi connectivity index (χ1n) is 1.60. The molecule has 0 saturated heterocycles. The fourth-order valence-corrected chi connectivity index (χ4v) is 0.0913. The van der Waals surface area contributed by atoms with Crippen molar-refractivity contribution >= 4 is 23.1 Å². The van der Waals surface area contributed by atoms with Crippen molar-refractivity contribution in [1.29, 1.82) is 0 Å². The van der Waals surface area contributed by atoms with Gasteiger partial charge in [0, 0.05) is 6.61 Å². The van der Waals surface area contributed by atoms with Crippen LogP contribution >= 0.6 is 0 Å². The van der Waals surface area contributed by atoms with Gasteiger partial charge < -0.3 is 12.7 Å². The van der Waals surface area contributed by atoms with E-state index in [1.165, 1.54) is 0 Å². The van der Waals surface area contributed by atoms with Gasteiger partial charge in [-0.15, -0.1) is 0 Å². The topological polar surface area (TPSA) is 29.5 Å². The molecule has 0 aromatic carbocycles. The van der Waals surface area contributed by atoms with E-state index in [1.54, 1.807) is 0 Å². The van der Waals surface area contributed by atoms with Gasteiger partial charge in [0.25, 0.3) is 0 Å². The van der Waals surface area contributed by atoms with Crippen molar-refractivity contribution in [3.05, 3.63) is 0 Å². The van der Waals surface area contributed by atoms with Crippen LogP contribution in [-0.4, -0.2) is 41.6 Å². The minimum absolute atomic E-state index is 0. The van der Waals surface area contributed by atoms with Gasteiger partial charge in [-0.25, -0.2) is 0 Å². The van der Waals surface area contributed by atoms with E-state index in [4.69, 9.17) is 5.11 Å². The average Bonchev–Trinajstić information content (AvgIpc) is 1.41. The molecule has 0 aliphatic rings. The summed E-state index contributed by atoms with van der Waals surface area (Å²) >= 11 is 0. The zero-order valence-electron chi connectivity index (χ0n) is 5.98. The van der Waals surface area contributed by atoms with Gasteiger partial charge in [0.05, 0.1) is 0 Å². The van der Waals surface area contributed by atoms with Crippen LogP contribution in [0.1, 0.15) is 9.78 Å². The predicted molar refractivity (Wildman–Crippen MR) is 26.7 cm³/mol. The predicted octanol–water partition coefficient (Wildman–Crippen LogP) is -0.183. The Labute approximate surface area is 56.6 Å². The van der Waals surface area contributed by atoms with Gasteiger partial charge in [-0.05, 0) is 6.92 Å². The second-order valence-electron chi connectivity index (χ2n) is 0.622. The SMILES string of the molecule is CCOCO.[H-].[H-].[Mg+2]. The Bertz CT molecular complexity index is 22.8. The molecule has 3 heteroatoms. The standard InChI is InChI=1S/C3H8O2.Mg.2H/c1-2-5-3-4;;;/h4H,2-3H2,1H3;;;/q;+2;2*-1. The summed E-state index contributed by atoms with van der Waals surface area (Å²) < 4.78 is 4.39. The molecule has 2 nitrogen and oxygen atoms in total. The summed E-state index contributed by atoms with van der Waals surface area (Å²) in [6, 6.07) is 0. The quantitative estimate of drug-likeness (QED) is 0.387. The van der Waals surface area contributed by atoms with Crippen LogP contribution in [0.25, 0.3) is 0 Å². The van der Waals surface area contributed by atoms with Crippen molar-refractivity contribution < 1.29 is 12.7 Å². The van der Waals surface area contributed by atoms with Gasteiger partial charge >= 0.3 is 23.1 Å². The van der Waals surface area contributed by atoms with Gasteiger partial charge in [0.15, 0.2) is 0 Å². The first-order chi connectivity index (χ1) is 2.41. The molecule has 0 atom stereocenters. The third-order valence-electron chi connectivity index (χ3n) is 0.295. The average molecular weight is 102 g/mol. The molecule has 0 saturated carbocycles. The van der Waals surface area contributed by atoms with E-state index in [-0.39, 0.29) is 32.7 Å². The number of ether oxygens (including phenoxy) is 1. The largest absolute Gasteiger partial charge is 2.00 e. The van der Waals surface area contributed by atoms with E-state index in [0.717, 1.165) is 0 Å². The summed E-state index contributed by atoms with van der Waals surface area (Å²) in [6.07, 6.45) is 0. The first-order valence-corrected chi connectivity index (χ1v) is 1.60. The van der Waals surface area contributed by atoms with Crippen molar-refractivity contribution in [3.63, 3.8) is 0 Å². The van der Waals surface area contributed by atoms with Gasteiger partial charge in [-0.2, -0.15) is 0 Å². The van der Waals surface area contributed by atoms with Crippen LogP contribution in [0.4, 0.5) is 0 Å². The molecule has 0 aromatic rings. The zero-order valence-corrected chi connectivity index (χ0v) is 5.39. The van der Waals surface area contributed by atoms with Crippen LogP contribution in [0, 0.1) is 0 Å². The van der Waals surface area contributed by atoms with Crippen molar-refractivity contribution in [2.45, 2.75) is 6.92 Å². The molecular formula is C3H10MgO2. The number of aliphatic hydroxyl groups is 1. The number of hydrogen-bond acceptors (Lipinski definition) is 2. The molecule has 0 spiro atoms. The van der Waals surface area contributed by atoms with Crippen LogP contribution in [0.15, 0.2) is 0 Å². The summed E-state index contributed by atoms with van der Waals surface area (Å²) in [5, 5.41) is 7.84. The van der Waals surface area contributed by atoms with Gasteiger partial charge in [-0.1, -0.05) is 0 Å². The molecular weight excluding hydrogens is 92.3 g/mol. The van der Waals surface area contributed by atoms with Crippen LogP contribution in [0.3, 0.4) is 0 Å². The fraction of sp³-hybridized carbons (Fsp3) is 1.00. The Balaban J connectivity index is -0.0000000267. The molecule has 1 N–H and O–H groups in total. The van der Waals surface area contributed by atoms with E-state index >= 15 is 0 Å². The van der Waals surface area contributed by atoms with Gasteiger partial charge in [0.1, 0.15) is 6.79 Å². The molecule has 0 aromatic heterocycles. The van der Waals surface area contributed by atoms with Crippen LogP contribution in [0.5, 0.6) is 0 Å². The molecule has 6 heavy (non-hydrogen) atoms. The third kappa shape index (κ3) is 8.82. The summed E-state index contributed by atoms with van der Waals surface area (Å²) in [4.78, 5) is 0. The zero-order chi connectivity index (χ0) is 4.12. The van der Waals surface area contributed by atoms with E-state index in [9.17, 15) is 0 Å². The van der Waals surface area contributed by atoms with E-state index in [1.807, 2.05) is 6.92 Å². The van der Waals surface area contributed by atoms with Crippen LogP contribution in [-0.2, 0) is 4.74 Å². The summed E-state index contributed by atoms with van der Waals surface area (Å²) in [5.74, 6) is 0. The fourth-order valence-electron chi connectivity index (χ4n) is 0.0913. The molecule has 0 bridgehead atoms. The number of hydrogen-bond donors (Lipinski definition) is 1. The molecule has 0 unspecified atom stereocenters. The van der Waals surface area contributed by atoms with Crippen molar-refractivity contribution in [2.24, 2.45) is 0 Å². The maximum absolute atomic E-state index is 7.84. The van der Waals surface area contributed by atoms with E-state index in [2.05, 4.69) is 4.74 Å². The Morgan fingerprint density at radius 3 is 2.33 bits per heavy atom. The minimum atomic E-state index is -0.156. The third-order valence-corrected chi connectivity index (χ3v) is 0.295. The summed E-state index contributed by atoms with van der Waals surface area (Å²) in [5.41, 5.74) is 0. The summed E-state index contributed by atoms with van der Waals surface area (Å²) in [7, 11) is 0. The molecule has 0 fully saturated rings. The molecule has 0 aliphatic heterocycles. The first kappa shape index (κ1) is 9.84. The summed E-state index contributed by atoms with van der Waals surface area (Å²) in [6.45, 7) is 2.27. The van der Waals surface area contributed by atoms with Crippen molar-refractivity contribution in [3.8, 4) is 0 Å². The van der Waals surface area contributed by atoms with Crippen molar-refractivity contribution in [1.82, 2.24) is 0 Å². The van der Waals surface area contributed by atoms with Crippen molar-refractivity contribution in [2.75, 3.05) is 13.4 Å². The Morgan fingerprint density at radius 2 is 2.33 bits per heavy atom. The monoisotopic (exact) mass is 102 g/mol. The second kappa shape index (κ2) is 9.19. The number of aliphatic hydroxyl groups excluding tert-OH is 1. The van der Waals surface area contributed by atoms with Crippen LogP contribution < -0.4 is 0 Å². The van der Waals surface area contributed by atoms with Gasteiger partial charge in [-0.3, -0.25) is 0 Å².